The lowest BCUT2D eigenvalue weighted by Crippen LogP contribution is -2.00. The van der Waals surface area contributed by atoms with E-state index in [9.17, 15) is 0 Å². The van der Waals surface area contributed by atoms with E-state index in [4.69, 9.17) is 14.9 Å². The fourth-order valence-corrected chi connectivity index (χ4v) is 2.19. The summed E-state index contributed by atoms with van der Waals surface area (Å²) in [7, 11) is 0. The Morgan fingerprint density at radius 2 is 2.00 bits per heavy atom. The van der Waals surface area contributed by atoms with Gasteiger partial charge in [0.05, 0.1) is 12.9 Å². The number of anilines is 1. The van der Waals surface area contributed by atoms with Crippen LogP contribution in [0.2, 0.25) is 0 Å². The third-order valence-electron chi connectivity index (χ3n) is 2.30. The van der Waals surface area contributed by atoms with Gasteiger partial charge in [-0.05, 0) is 37.3 Å². The summed E-state index contributed by atoms with van der Waals surface area (Å²) < 4.78 is 10.8. The Bertz CT molecular complexity index is 465. The molecule has 2 aromatic rings. The Morgan fingerprint density at radius 3 is 2.65 bits per heavy atom. The Balaban J connectivity index is 1.73. The summed E-state index contributed by atoms with van der Waals surface area (Å²) in [5, 5.41) is 0. The van der Waals surface area contributed by atoms with Crippen molar-refractivity contribution in [3.8, 4) is 5.75 Å². The first-order valence-electron chi connectivity index (χ1n) is 5.41. The quantitative estimate of drug-likeness (QED) is 0.501. The smallest absolute Gasteiger partial charge is 0.119 e. The van der Waals surface area contributed by atoms with Crippen LogP contribution in [0, 0.1) is 6.92 Å². The maximum Gasteiger partial charge on any atom is 0.119 e. The van der Waals surface area contributed by atoms with Crippen molar-refractivity contribution < 1.29 is 9.15 Å². The Kier molecular flexibility index (Phi) is 3.98. The zero-order valence-corrected chi connectivity index (χ0v) is 10.5. The fourth-order valence-electron chi connectivity index (χ4n) is 1.40. The molecule has 2 N–H and O–H groups in total. The average molecular weight is 249 g/mol. The van der Waals surface area contributed by atoms with E-state index in [2.05, 4.69) is 0 Å². The van der Waals surface area contributed by atoms with Crippen molar-refractivity contribution in [1.82, 2.24) is 0 Å². The minimum Gasteiger partial charge on any atom is -0.493 e. The number of benzene rings is 1. The maximum atomic E-state index is 5.59. The van der Waals surface area contributed by atoms with Crippen LogP contribution in [0.1, 0.15) is 5.76 Å². The molecule has 90 valence electrons. The van der Waals surface area contributed by atoms with E-state index in [1.807, 2.05) is 37.3 Å². The molecule has 0 fully saturated rings. The second-order valence-electron chi connectivity index (χ2n) is 3.61. The number of nitrogen functional groups attached to an aromatic ring is 1. The summed E-state index contributed by atoms with van der Waals surface area (Å²) >= 11 is 1.73. The molecule has 0 aliphatic rings. The van der Waals surface area contributed by atoms with E-state index < -0.39 is 0 Å². The molecule has 0 saturated carbocycles. The highest BCUT2D eigenvalue weighted by atomic mass is 32.2. The van der Waals surface area contributed by atoms with Crippen molar-refractivity contribution in [3.63, 3.8) is 0 Å². The number of thioether (sulfide) groups is 1. The van der Waals surface area contributed by atoms with Gasteiger partial charge < -0.3 is 14.9 Å². The van der Waals surface area contributed by atoms with Crippen LogP contribution in [0.25, 0.3) is 0 Å². The van der Waals surface area contributed by atoms with E-state index in [0.29, 0.717) is 6.61 Å². The average Bonchev–Trinajstić information content (AvgIpc) is 2.73. The molecule has 1 aromatic carbocycles. The lowest BCUT2D eigenvalue weighted by molar-refractivity contribution is 0.344. The molecular formula is C13H15NO2S. The molecule has 4 heteroatoms. The summed E-state index contributed by atoms with van der Waals surface area (Å²) in [6.45, 7) is 2.63. The third kappa shape index (κ3) is 3.46. The molecule has 0 amide bonds. The van der Waals surface area contributed by atoms with Crippen LogP contribution in [-0.4, -0.2) is 12.4 Å². The van der Waals surface area contributed by atoms with E-state index in [1.54, 1.807) is 18.0 Å². The van der Waals surface area contributed by atoms with Crippen molar-refractivity contribution in [2.24, 2.45) is 0 Å². The van der Waals surface area contributed by atoms with Gasteiger partial charge in [0.2, 0.25) is 0 Å². The summed E-state index contributed by atoms with van der Waals surface area (Å²) in [6, 6.07) is 9.40. The fraction of sp³-hybridized carbons (Fsp3) is 0.231. The predicted molar refractivity (Wildman–Crippen MR) is 70.5 cm³/mol. The molecule has 0 bridgehead atoms. The largest absolute Gasteiger partial charge is 0.493 e. The molecule has 0 saturated heterocycles. The minimum absolute atomic E-state index is 0.666. The van der Waals surface area contributed by atoms with Gasteiger partial charge in [0.15, 0.2) is 0 Å². The van der Waals surface area contributed by atoms with Crippen molar-refractivity contribution in [2.45, 2.75) is 11.8 Å². The highest BCUT2D eigenvalue weighted by Gasteiger charge is 2.01. The van der Waals surface area contributed by atoms with Gasteiger partial charge in [0.1, 0.15) is 11.5 Å². The van der Waals surface area contributed by atoms with Crippen LogP contribution in [0.5, 0.6) is 5.75 Å². The zero-order chi connectivity index (χ0) is 12.1. The molecule has 2 rings (SSSR count). The second kappa shape index (κ2) is 5.68. The lowest BCUT2D eigenvalue weighted by Gasteiger charge is -2.05. The van der Waals surface area contributed by atoms with E-state index in [0.717, 1.165) is 22.9 Å². The van der Waals surface area contributed by atoms with Crippen LogP contribution in [0.4, 0.5) is 5.69 Å². The third-order valence-corrected chi connectivity index (χ3v) is 3.41. The number of rotatable bonds is 5. The van der Waals surface area contributed by atoms with Crippen molar-refractivity contribution >= 4 is 17.4 Å². The maximum absolute atomic E-state index is 5.59. The van der Waals surface area contributed by atoms with Crippen LogP contribution in [0.15, 0.2) is 45.9 Å². The van der Waals surface area contributed by atoms with Crippen LogP contribution in [-0.2, 0) is 0 Å². The van der Waals surface area contributed by atoms with Gasteiger partial charge in [0, 0.05) is 16.3 Å². The van der Waals surface area contributed by atoms with Crippen LogP contribution >= 0.6 is 11.8 Å². The monoisotopic (exact) mass is 249 g/mol. The lowest BCUT2D eigenvalue weighted by atomic mass is 10.3. The van der Waals surface area contributed by atoms with Gasteiger partial charge in [-0.25, -0.2) is 0 Å². The molecule has 0 unspecified atom stereocenters. The van der Waals surface area contributed by atoms with Gasteiger partial charge in [-0.1, -0.05) is 0 Å². The van der Waals surface area contributed by atoms with Crippen molar-refractivity contribution in [1.29, 1.82) is 0 Å². The van der Waals surface area contributed by atoms with E-state index >= 15 is 0 Å². The molecule has 1 aromatic heterocycles. The highest BCUT2D eigenvalue weighted by Crippen LogP contribution is 2.23. The summed E-state index contributed by atoms with van der Waals surface area (Å²) in [5.74, 6) is 2.70. The van der Waals surface area contributed by atoms with Gasteiger partial charge in [-0.15, -0.1) is 11.8 Å². The molecular weight excluding hydrogens is 234 g/mol. The summed E-state index contributed by atoms with van der Waals surface area (Å²) in [5.41, 5.74) is 6.34. The number of aryl methyl sites for hydroxylation is 1. The minimum atomic E-state index is 0.666. The molecule has 0 atom stereocenters. The van der Waals surface area contributed by atoms with E-state index in [-0.39, 0.29) is 0 Å². The number of ether oxygens (including phenoxy) is 1. The van der Waals surface area contributed by atoms with Gasteiger partial charge >= 0.3 is 0 Å². The number of hydrogen-bond donors (Lipinski definition) is 1. The van der Waals surface area contributed by atoms with Gasteiger partial charge in [0.25, 0.3) is 0 Å². The first-order chi connectivity index (χ1) is 8.25. The molecule has 0 aliphatic heterocycles. The predicted octanol–water partition coefficient (Wildman–Crippen LogP) is 3.34. The molecule has 0 aliphatic carbocycles. The normalized spacial score (nSPS) is 10.4. The highest BCUT2D eigenvalue weighted by molar-refractivity contribution is 7.99. The van der Waals surface area contributed by atoms with Crippen LogP contribution in [0.3, 0.4) is 0 Å². The molecule has 17 heavy (non-hydrogen) atoms. The zero-order valence-electron chi connectivity index (χ0n) is 9.68. The SMILES string of the molecule is Cc1occc1SCCOc1ccc(N)cc1. The molecule has 3 nitrogen and oxygen atoms in total. The topological polar surface area (TPSA) is 48.4 Å². The standard InChI is InChI=1S/C13H15NO2S/c1-10-13(6-7-15-10)17-9-8-16-12-4-2-11(14)3-5-12/h2-7H,8-9,14H2,1H3. The number of furan rings is 1. The van der Waals surface area contributed by atoms with Gasteiger partial charge in [-0.2, -0.15) is 0 Å². The molecule has 0 radical (unpaired) electrons. The molecule has 1 heterocycles. The Morgan fingerprint density at radius 1 is 1.24 bits per heavy atom. The van der Waals surface area contributed by atoms with E-state index in [1.165, 1.54) is 4.90 Å². The first kappa shape index (κ1) is 11.9. The number of nitrogens with two attached hydrogens (primary N) is 1. The Labute approximate surface area is 105 Å². The summed E-state index contributed by atoms with van der Waals surface area (Å²) in [6.07, 6.45) is 1.71. The molecule has 0 spiro atoms. The Hall–Kier alpha value is -1.55. The van der Waals surface area contributed by atoms with Crippen molar-refractivity contribution in [3.05, 3.63) is 42.4 Å². The second-order valence-corrected chi connectivity index (χ2v) is 4.74. The van der Waals surface area contributed by atoms with Crippen molar-refractivity contribution in [2.75, 3.05) is 18.1 Å². The summed E-state index contributed by atoms with van der Waals surface area (Å²) in [4.78, 5) is 1.17. The van der Waals surface area contributed by atoms with Gasteiger partial charge in [-0.3, -0.25) is 0 Å². The first-order valence-corrected chi connectivity index (χ1v) is 6.39. The van der Waals surface area contributed by atoms with Crippen LogP contribution < -0.4 is 10.5 Å². The number of hydrogen-bond acceptors (Lipinski definition) is 4.